The summed E-state index contributed by atoms with van der Waals surface area (Å²) < 4.78 is 55.4. The molecule has 0 radical (unpaired) electrons. The van der Waals surface area contributed by atoms with Gasteiger partial charge in [0.15, 0.2) is 0 Å². The topological polar surface area (TPSA) is 80.8 Å². The van der Waals surface area contributed by atoms with Crippen LogP contribution in [0.3, 0.4) is 0 Å². The molecule has 2 rings (SSSR count). The van der Waals surface area contributed by atoms with Crippen LogP contribution in [0.25, 0.3) is 0 Å². The molecule has 0 atom stereocenters. The summed E-state index contributed by atoms with van der Waals surface area (Å²) in [7, 11) is -7.24. The Balaban J connectivity index is 2.24. The van der Waals surface area contributed by atoms with E-state index >= 15 is 0 Å². The molecule has 2 aromatic carbocycles. The van der Waals surface area contributed by atoms with Gasteiger partial charge in [-0.15, -0.1) is 0 Å². The zero-order valence-corrected chi connectivity index (χ0v) is 18.3. The van der Waals surface area contributed by atoms with E-state index in [1.165, 1.54) is 16.4 Å². The first-order chi connectivity index (χ1) is 12.6. The Morgan fingerprint density at radius 3 is 2.07 bits per heavy atom. The Morgan fingerprint density at radius 2 is 1.56 bits per heavy atom. The van der Waals surface area contributed by atoms with E-state index in [0.29, 0.717) is 6.54 Å². The van der Waals surface area contributed by atoms with Crippen LogP contribution in [0.1, 0.15) is 25.3 Å². The van der Waals surface area contributed by atoms with Gasteiger partial charge in [0.25, 0.3) is 0 Å². The van der Waals surface area contributed by atoms with Crippen LogP contribution in [-0.4, -0.2) is 33.9 Å². The molecule has 2 aromatic rings. The lowest BCUT2D eigenvalue weighted by Gasteiger charge is -2.22. The van der Waals surface area contributed by atoms with E-state index in [0.717, 1.165) is 29.1 Å². The highest BCUT2D eigenvalue weighted by Gasteiger charge is 2.24. The molecule has 0 saturated heterocycles. The summed E-state index contributed by atoms with van der Waals surface area (Å²) in [5, 5.41) is 0. The van der Waals surface area contributed by atoms with E-state index in [9.17, 15) is 16.8 Å². The first-order valence-corrected chi connectivity index (χ1v) is 12.4. The largest absolute Gasteiger partial charge is 0.383 e. The van der Waals surface area contributed by atoms with E-state index in [4.69, 9.17) is 4.18 Å². The van der Waals surface area contributed by atoms with Crippen molar-refractivity contribution in [3.8, 4) is 5.75 Å². The van der Waals surface area contributed by atoms with Crippen LogP contribution in [0.2, 0.25) is 0 Å². The van der Waals surface area contributed by atoms with Crippen LogP contribution >= 0.6 is 15.9 Å². The standard InChI is InChI=1S/C18H22BrNO5S2/c1-3-4-13-20(27(23,24)18-11-7-16(19)8-12-18)14-15-5-9-17(10-6-15)25-26(2,21)22/h5-12H,3-4,13-14H2,1-2H3. The molecule has 0 aliphatic heterocycles. The van der Waals surface area contributed by atoms with Crippen LogP contribution in [0.15, 0.2) is 57.9 Å². The van der Waals surface area contributed by atoms with Crippen LogP contribution in [0, 0.1) is 0 Å². The van der Waals surface area contributed by atoms with Gasteiger partial charge >= 0.3 is 10.1 Å². The molecule has 0 aromatic heterocycles. The summed E-state index contributed by atoms with van der Waals surface area (Å²) in [6.45, 7) is 2.59. The van der Waals surface area contributed by atoms with Crippen molar-refractivity contribution in [2.45, 2.75) is 31.2 Å². The maximum atomic E-state index is 13.0. The summed E-state index contributed by atoms with van der Waals surface area (Å²) >= 11 is 3.31. The number of hydrogen-bond donors (Lipinski definition) is 0. The van der Waals surface area contributed by atoms with Crippen LogP contribution < -0.4 is 4.18 Å². The molecular formula is C18H22BrNO5S2. The molecule has 0 unspecified atom stereocenters. The second kappa shape index (κ2) is 9.18. The Morgan fingerprint density at radius 1 is 0.963 bits per heavy atom. The minimum Gasteiger partial charge on any atom is -0.383 e. The van der Waals surface area contributed by atoms with Gasteiger partial charge in [-0.3, -0.25) is 0 Å². The second-order valence-corrected chi connectivity index (χ2v) is 10.5. The van der Waals surface area contributed by atoms with Gasteiger partial charge in [0, 0.05) is 17.6 Å². The fourth-order valence-corrected chi connectivity index (χ4v) is 4.59. The zero-order chi connectivity index (χ0) is 20.1. The molecule has 0 N–H and O–H groups in total. The van der Waals surface area contributed by atoms with Gasteiger partial charge in [0.05, 0.1) is 11.2 Å². The molecule has 0 heterocycles. The third-order valence-electron chi connectivity index (χ3n) is 3.74. The van der Waals surface area contributed by atoms with Crippen molar-refractivity contribution in [2.75, 3.05) is 12.8 Å². The van der Waals surface area contributed by atoms with Gasteiger partial charge in [0.2, 0.25) is 10.0 Å². The molecular weight excluding hydrogens is 454 g/mol. The minimum absolute atomic E-state index is 0.192. The fraction of sp³-hybridized carbons (Fsp3) is 0.333. The summed E-state index contributed by atoms with van der Waals surface area (Å²) in [4.78, 5) is 0.235. The van der Waals surface area contributed by atoms with E-state index in [1.54, 1.807) is 36.4 Å². The normalized spacial score (nSPS) is 12.3. The molecule has 0 aliphatic carbocycles. The van der Waals surface area contributed by atoms with Gasteiger partial charge in [-0.05, 0) is 48.4 Å². The van der Waals surface area contributed by atoms with Crippen molar-refractivity contribution < 1.29 is 21.0 Å². The summed E-state index contributed by atoms with van der Waals surface area (Å²) in [6.07, 6.45) is 2.58. The molecule has 148 valence electrons. The minimum atomic E-state index is -3.64. The van der Waals surface area contributed by atoms with Gasteiger partial charge in [-0.1, -0.05) is 41.4 Å². The van der Waals surface area contributed by atoms with Gasteiger partial charge in [-0.2, -0.15) is 12.7 Å². The van der Waals surface area contributed by atoms with Crippen molar-refractivity contribution in [3.63, 3.8) is 0 Å². The smallest absolute Gasteiger partial charge is 0.306 e. The van der Waals surface area contributed by atoms with Crippen molar-refractivity contribution in [3.05, 3.63) is 58.6 Å². The van der Waals surface area contributed by atoms with E-state index in [2.05, 4.69) is 15.9 Å². The highest BCUT2D eigenvalue weighted by molar-refractivity contribution is 9.10. The maximum Gasteiger partial charge on any atom is 0.306 e. The van der Waals surface area contributed by atoms with Gasteiger partial charge < -0.3 is 4.18 Å². The predicted octanol–water partition coefficient (Wildman–Crippen LogP) is 3.78. The number of unbranched alkanes of at least 4 members (excludes halogenated alkanes) is 1. The number of benzene rings is 2. The second-order valence-electron chi connectivity index (χ2n) is 6.08. The summed E-state index contributed by atoms with van der Waals surface area (Å²) in [5.74, 6) is 0.192. The number of halogens is 1. The number of nitrogens with zero attached hydrogens (tertiary/aromatic N) is 1. The molecule has 9 heteroatoms. The Labute approximate surface area is 169 Å². The maximum absolute atomic E-state index is 13.0. The van der Waals surface area contributed by atoms with E-state index in [1.807, 2.05) is 6.92 Å². The van der Waals surface area contributed by atoms with Crippen LogP contribution in [0.5, 0.6) is 5.75 Å². The Bertz CT molecular complexity index is 956. The number of hydrogen-bond acceptors (Lipinski definition) is 5. The lowest BCUT2D eigenvalue weighted by atomic mass is 10.2. The third kappa shape index (κ3) is 6.60. The van der Waals surface area contributed by atoms with Crippen molar-refractivity contribution in [1.82, 2.24) is 4.31 Å². The predicted molar refractivity (Wildman–Crippen MR) is 109 cm³/mol. The number of sulfonamides is 1. The molecule has 0 bridgehead atoms. The molecule has 6 nitrogen and oxygen atoms in total. The van der Waals surface area contributed by atoms with E-state index < -0.39 is 20.1 Å². The zero-order valence-electron chi connectivity index (χ0n) is 15.1. The Hall–Kier alpha value is -1.42. The lowest BCUT2D eigenvalue weighted by molar-refractivity contribution is 0.398. The highest BCUT2D eigenvalue weighted by atomic mass is 79.9. The van der Waals surface area contributed by atoms with Crippen LogP contribution in [-0.2, 0) is 26.7 Å². The molecule has 0 amide bonds. The average molecular weight is 476 g/mol. The SMILES string of the molecule is CCCCN(Cc1ccc(OS(C)(=O)=O)cc1)S(=O)(=O)c1ccc(Br)cc1. The lowest BCUT2D eigenvalue weighted by Crippen LogP contribution is -2.31. The third-order valence-corrected chi connectivity index (χ3v) is 6.63. The first kappa shape index (κ1) is 21.9. The van der Waals surface area contributed by atoms with E-state index in [-0.39, 0.29) is 17.2 Å². The van der Waals surface area contributed by atoms with Crippen LogP contribution in [0.4, 0.5) is 0 Å². The molecule has 27 heavy (non-hydrogen) atoms. The fourth-order valence-electron chi connectivity index (χ4n) is 2.40. The molecule has 0 saturated carbocycles. The average Bonchev–Trinajstić information content (AvgIpc) is 2.59. The quantitative estimate of drug-likeness (QED) is 0.515. The molecule has 0 fully saturated rings. The van der Waals surface area contributed by atoms with Crippen molar-refractivity contribution >= 4 is 36.1 Å². The monoisotopic (exact) mass is 475 g/mol. The van der Waals surface area contributed by atoms with Crippen molar-refractivity contribution in [1.29, 1.82) is 0 Å². The van der Waals surface area contributed by atoms with Crippen molar-refractivity contribution in [2.24, 2.45) is 0 Å². The Kier molecular flexibility index (Phi) is 7.44. The number of rotatable bonds is 9. The highest BCUT2D eigenvalue weighted by Crippen LogP contribution is 2.22. The molecule has 0 spiro atoms. The van der Waals surface area contributed by atoms with Gasteiger partial charge in [-0.25, -0.2) is 8.42 Å². The first-order valence-electron chi connectivity index (χ1n) is 8.36. The summed E-state index contributed by atoms with van der Waals surface area (Å²) in [6, 6.07) is 12.9. The summed E-state index contributed by atoms with van der Waals surface area (Å²) in [5.41, 5.74) is 0.743. The van der Waals surface area contributed by atoms with Gasteiger partial charge in [0.1, 0.15) is 5.75 Å². The molecule has 0 aliphatic rings.